The maximum absolute atomic E-state index is 9.63. The molecule has 2 aromatic rings. The summed E-state index contributed by atoms with van der Waals surface area (Å²) in [6, 6.07) is 17.2. The van der Waals surface area contributed by atoms with Crippen LogP contribution in [0.4, 0.5) is 0 Å². The SMILES string of the molecule is CCCN(CCc1cccc(O)c1)C1CCc2ccccc2C1. The Balaban J connectivity index is 1.65. The van der Waals surface area contributed by atoms with Gasteiger partial charge in [0.15, 0.2) is 0 Å². The van der Waals surface area contributed by atoms with Gasteiger partial charge in [-0.15, -0.1) is 0 Å². The van der Waals surface area contributed by atoms with E-state index in [0.29, 0.717) is 11.8 Å². The van der Waals surface area contributed by atoms with Gasteiger partial charge in [-0.1, -0.05) is 43.3 Å². The van der Waals surface area contributed by atoms with E-state index in [-0.39, 0.29) is 0 Å². The third kappa shape index (κ3) is 4.14. The molecule has 0 heterocycles. The van der Waals surface area contributed by atoms with Crippen molar-refractivity contribution in [2.24, 2.45) is 0 Å². The molecule has 2 aromatic carbocycles. The van der Waals surface area contributed by atoms with Crippen LogP contribution in [0.2, 0.25) is 0 Å². The first-order valence-electron chi connectivity index (χ1n) is 8.85. The number of aromatic hydroxyl groups is 1. The van der Waals surface area contributed by atoms with Crippen molar-refractivity contribution in [3.05, 3.63) is 65.2 Å². The molecule has 3 rings (SSSR count). The predicted molar refractivity (Wildman–Crippen MR) is 95.9 cm³/mol. The number of hydrogen-bond acceptors (Lipinski definition) is 2. The van der Waals surface area contributed by atoms with E-state index in [1.165, 1.54) is 42.4 Å². The monoisotopic (exact) mass is 309 g/mol. The molecule has 1 aliphatic rings. The van der Waals surface area contributed by atoms with Crippen LogP contribution in [0.1, 0.15) is 36.5 Å². The van der Waals surface area contributed by atoms with Crippen molar-refractivity contribution >= 4 is 0 Å². The van der Waals surface area contributed by atoms with Crippen molar-refractivity contribution in [1.82, 2.24) is 4.90 Å². The normalized spacial score (nSPS) is 17.2. The maximum atomic E-state index is 9.63. The average Bonchev–Trinajstić information content (AvgIpc) is 2.58. The zero-order valence-electron chi connectivity index (χ0n) is 14.0. The minimum Gasteiger partial charge on any atom is -0.508 e. The lowest BCUT2D eigenvalue weighted by Crippen LogP contribution is -2.41. The highest BCUT2D eigenvalue weighted by Crippen LogP contribution is 2.25. The molecule has 1 N–H and O–H groups in total. The minimum absolute atomic E-state index is 0.371. The van der Waals surface area contributed by atoms with Gasteiger partial charge in [-0.25, -0.2) is 0 Å². The molecule has 122 valence electrons. The molecule has 23 heavy (non-hydrogen) atoms. The first-order chi connectivity index (χ1) is 11.3. The van der Waals surface area contributed by atoms with Crippen LogP contribution in [0.25, 0.3) is 0 Å². The molecule has 0 saturated carbocycles. The summed E-state index contributed by atoms with van der Waals surface area (Å²) in [5, 5.41) is 9.63. The van der Waals surface area contributed by atoms with Gasteiger partial charge in [0.25, 0.3) is 0 Å². The van der Waals surface area contributed by atoms with E-state index < -0.39 is 0 Å². The van der Waals surface area contributed by atoms with Gasteiger partial charge >= 0.3 is 0 Å². The van der Waals surface area contributed by atoms with Crippen molar-refractivity contribution in [2.45, 2.75) is 45.1 Å². The molecular formula is C21H27NO. The van der Waals surface area contributed by atoms with Crippen molar-refractivity contribution < 1.29 is 5.11 Å². The lowest BCUT2D eigenvalue weighted by molar-refractivity contribution is 0.182. The van der Waals surface area contributed by atoms with E-state index in [0.717, 1.165) is 19.5 Å². The van der Waals surface area contributed by atoms with Crippen LogP contribution in [-0.4, -0.2) is 29.1 Å². The molecule has 0 aromatic heterocycles. The van der Waals surface area contributed by atoms with Crippen LogP contribution >= 0.6 is 0 Å². The highest BCUT2D eigenvalue weighted by molar-refractivity contribution is 5.30. The molecule has 0 fully saturated rings. The standard InChI is InChI=1S/C21H27NO/c1-2-13-22(14-12-17-6-5-9-21(23)15-17)20-11-10-18-7-3-4-8-19(18)16-20/h3-9,15,20,23H,2,10-14,16H2,1H3. The van der Waals surface area contributed by atoms with Gasteiger partial charge in [0.1, 0.15) is 5.75 Å². The second-order valence-electron chi connectivity index (χ2n) is 6.62. The fourth-order valence-electron chi connectivity index (χ4n) is 3.74. The van der Waals surface area contributed by atoms with Gasteiger partial charge in [0.2, 0.25) is 0 Å². The molecule has 1 unspecified atom stereocenters. The van der Waals surface area contributed by atoms with Gasteiger partial charge < -0.3 is 5.11 Å². The Bertz CT molecular complexity index is 637. The van der Waals surface area contributed by atoms with Crippen LogP contribution in [0.15, 0.2) is 48.5 Å². The predicted octanol–water partition coefficient (Wildman–Crippen LogP) is 4.20. The van der Waals surface area contributed by atoms with Crippen LogP contribution in [-0.2, 0) is 19.3 Å². The molecule has 2 heteroatoms. The highest BCUT2D eigenvalue weighted by atomic mass is 16.3. The van der Waals surface area contributed by atoms with E-state index in [9.17, 15) is 5.11 Å². The number of fused-ring (bicyclic) bond motifs is 1. The number of hydrogen-bond donors (Lipinski definition) is 1. The number of aryl methyl sites for hydroxylation is 1. The van der Waals surface area contributed by atoms with Crippen molar-refractivity contribution in [1.29, 1.82) is 0 Å². The van der Waals surface area contributed by atoms with Crippen LogP contribution in [0.3, 0.4) is 0 Å². The van der Waals surface area contributed by atoms with Gasteiger partial charge in [-0.2, -0.15) is 0 Å². The summed E-state index contributed by atoms with van der Waals surface area (Å²) in [6.45, 7) is 4.49. The van der Waals surface area contributed by atoms with Crippen molar-refractivity contribution in [3.63, 3.8) is 0 Å². The lowest BCUT2D eigenvalue weighted by atomic mass is 9.87. The molecule has 0 amide bonds. The zero-order chi connectivity index (χ0) is 16.1. The van der Waals surface area contributed by atoms with Crippen LogP contribution in [0.5, 0.6) is 5.75 Å². The fraction of sp³-hybridized carbons (Fsp3) is 0.429. The first kappa shape index (κ1) is 16.1. The Labute approximate surface area is 139 Å². The summed E-state index contributed by atoms with van der Waals surface area (Å²) in [5.41, 5.74) is 4.29. The number of phenolic OH excluding ortho intramolecular Hbond substituents is 1. The van der Waals surface area contributed by atoms with E-state index in [4.69, 9.17) is 0 Å². The summed E-state index contributed by atoms with van der Waals surface area (Å²) >= 11 is 0. The molecular weight excluding hydrogens is 282 g/mol. The molecule has 0 radical (unpaired) electrons. The quantitative estimate of drug-likeness (QED) is 0.864. The number of benzene rings is 2. The summed E-state index contributed by atoms with van der Waals surface area (Å²) in [5.74, 6) is 0.371. The van der Waals surface area contributed by atoms with E-state index in [1.54, 1.807) is 6.07 Å². The van der Waals surface area contributed by atoms with Gasteiger partial charge in [0, 0.05) is 12.6 Å². The van der Waals surface area contributed by atoms with Crippen LogP contribution < -0.4 is 0 Å². The summed E-state index contributed by atoms with van der Waals surface area (Å²) in [7, 11) is 0. The molecule has 1 atom stereocenters. The molecule has 0 saturated heterocycles. The number of phenols is 1. The van der Waals surface area contributed by atoms with E-state index in [1.807, 2.05) is 12.1 Å². The smallest absolute Gasteiger partial charge is 0.115 e. The first-order valence-corrected chi connectivity index (χ1v) is 8.85. The Morgan fingerprint density at radius 2 is 1.87 bits per heavy atom. The van der Waals surface area contributed by atoms with E-state index >= 15 is 0 Å². The Morgan fingerprint density at radius 1 is 1.04 bits per heavy atom. The van der Waals surface area contributed by atoms with Gasteiger partial charge in [-0.05, 0) is 67.5 Å². The lowest BCUT2D eigenvalue weighted by Gasteiger charge is -2.35. The fourth-order valence-corrected chi connectivity index (χ4v) is 3.74. The molecule has 1 aliphatic carbocycles. The van der Waals surface area contributed by atoms with Crippen LogP contribution in [0, 0.1) is 0 Å². The molecule has 0 aliphatic heterocycles. The maximum Gasteiger partial charge on any atom is 0.115 e. The molecule has 0 bridgehead atoms. The largest absolute Gasteiger partial charge is 0.508 e. The second kappa shape index (κ2) is 7.65. The Kier molecular flexibility index (Phi) is 5.35. The Morgan fingerprint density at radius 3 is 2.65 bits per heavy atom. The number of nitrogens with zero attached hydrogens (tertiary/aromatic N) is 1. The zero-order valence-corrected chi connectivity index (χ0v) is 14.0. The molecule has 0 spiro atoms. The third-order valence-corrected chi connectivity index (χ3v) is 4.95. The average molecular weight is 309 g/mol. The topological polar surface area (TPSA) is 23.5 Å². The Hall–Kier alpha value is -1.80. The summed E-state index contributed by atoms with van der Waals surface area (Å²) in [4.78, 5) is 2.65. The van der Waals surface area contributed by atoms with Gasteiger partial charge in [0.05, 0.1) is 0 Å². The van der Waals surface area contributed by atoms with E-state index in [2.05, 4.69) is 42.2 Å². The van der Waals surface area contributed by atoms with Crippen molar-refractivity contribution in [2.75, 3.05) is 13.1 Å². The third-order valence-electron chi connectivity index (χ3n) is 4.95. The highest BCUT2D eigenvalue weighted by Gasteiger charge is 2.23. The van der Waals surface area contributed by atoms with Crippen molar-refractivity contribution in [3.8, 4) is 5.75 Å². The number of rotatable bonds is 6. The van der Waals surface area contributed by atoms with Gasteiger partial charge in [-0.3, -0.25) is 4.90 Å². The minimum atomic E-state index is 0.371. The second-order valence-corrected chi connectivity index (χ2v) is 6.62. The summed E-state index contributed by atoms with van der Waals surface area (Å²) in [6.07, 6.45) is 5.84. The summed E-state index contributed by atoms with van der Waals surface area (Å²) < 4.78 is 0. The molecule has 2 nitrogen and oxygen atoms in total.